The van der Waals surface area contributed by atoms with Crippen molar-refractivity contribution in [2.75, 3.05) is 28.6 Å². The quantitative estimate of drug-likeness (QED) is 0.564. The van der Waals surface area contributed by atoms with Crippen LogP contribution in [-0.4, -0.2) is 30.0 Å². The average molecular weight is 415 g/mol. The van der Waals surface area contributed by atoms with E-state index in [4.69, 9.17) is 0 Å². The molecule has 0 spiro atoms. The van der Waals surface area contributed by atoms with Crippen LogP contribution in [0.25, 0.3) is 0 Å². The van der Waals surface area contributed by atoms with Gasteiger partial charge < -0.3 is 20.9 Å². The summed E-state index contributed by atoms with van der Waals surface area (Å²) in [4.78, 5) is 32.2. The average Bonchev–Trinajstić information content (AvgIpc) is 3.34. The van der Waals surface area contributed by atoms with Crippen LogP contribution in [0.5, 0.6) is 0 Å². The zero-order valence-corrected chi connectivity index (χ0v) is 17.1. The van der Waals surface area contributed by atoms with Gasteiger partial charge >= 0.3 is 6.03 Å². The number of carbonyl (C=O) groups is 2. The van der Waals surface area contributed by atoms with Gasteiger partial charge in [0.15, 0.2) is 0 Å². The summed E-state index contributed by atoms with van der Waals surface area (Å²) in [5, 5.41) is 8.39. The van der Waals surface area contributed by atoms with E-state index in [0.717, 1.165) is 18.9 Å². The van der Waals surface area contributed by atoms with Gasteiger partial charge in [0.1, 0.15) is 11.9 Å². The lowest BCUT2D eigenvalue weighted by Gasteiger charge is -2.20. The molecule has 1 fully saturated rings. The number of carbonyl (C=O) groups excluding carboxylic acids is 2. The van der Waals surface area contributed by atoms with Crippen molar-refractivity contribution in [1.29, 1.82) is 0 Å². The first kappa shape index (κ1) is 20.4. The van der Waals surface area contributed by atoms with Crippen molar-refractivity contribution in [1.82, 2.24) is 10.3 Å². The van der Waals surface area contributed by atoms with E-state index in [9.17, 15) is 9.59 Å². The molecule has 2 heterocycles. The van der Waals surface area contributed by atoms with Gasteiger partial charge in [-0.1, -0.05) is 48.5 Å². The number of anilines is 3. The number of urea groups is 1. The molecule has 1 atom stereocenters. The van der Waals surface area contributed by atoms with Gasteiger partial charge in [0.2, 0.25) is 0 Å². The Hall–Kier alpha value is -3.87. The van der Waals surface area contributed by atoms with E-state index in [1.54, 1.807) is 18.3 Å². The second kappa shape index (κ2) is 9.75. The summed E-state index contributed by atoms with van der Waals surface area (Å²) < 4.78 is 0. The molecule has 0 saturated carbocycles. The van der Waals surface area contributed by atoms with Crippen molar-refractivity contribution >= 4 is 29.1 Å². The SMILES string of the molecule is O=C(Nc1ccc(N2CCCC2)nc1)NC(C(=O)Nc1ccccc1)c1ccccc1. The molecular formula is C24H25N5O2. The zero-order chi connectivity index (χ0) is 21.5. The Morgan fingerprint density at radius 3 is 2.13 bits per heavy atom. The van der Waals surface area contributed by atoms with Crippen LogP contribution < -0.4 is 20.9 Å². The van der Waals surface area contributed by atoms with E-state index in [-0.39, 0.29) is 5.91 Å². The summed E-state index contributed by atoms with van der Waals surface area (Å²) in [5.74, 6) is 0.586. The van der Waals surface area contributed by atoms with Gasteiger partial charge in [-0.15, -0.1) is 0 Å². The fourth-order valence-corrected chi connectivity index (χ4v) is 3.57. The maximum absolute atomic E-state index is 12.9. The topological polar surface area (TPSA) is 86.4 Å². The molecule has 31 heavy (non-hydrogen) atoms. The molecule has 7 nitrogen and oxygen atoms in total. The van der Waals surface area contributed by atoms with E-state index in [0.29, 0.717) is 16.9 Å². The lowest BCUT2D eigenvalue weighted by molar-refractivity contribution is -0.118. The number of aromatic nitrogens is 1. The fourth-order valence-electron chi connectivity index (χ4n) is 3.57. The van der Waals surface area contributed by atoms with Gasteiger partial charge in [0, 0.05) is 18.8 Å². The first-order chi connectivity index (χ1) is 15.2. The van der Waals surface area contributed by atoms with Gasteiger partial charge in [0.25, 0.3) is 5.91 Å². The third-order valence-electron chi connectivity index (χ3n) is 5.15. The van der Waals surface area contributed by atoms with Crippen LogP contribution in [0.15, 0.2) is 79.0 Å². The van der Waals surface area contributed by atoms with E-state index in [1.807, 2.05) is 60.7 Å². The van der Waals surface area contributed by atoms with E-state index >= 15 is 0 Å². The van der Waals surface area contributed by atoms with Gasteiger partial charge in [0.05, 0.1) is 11.9 Å². The lowest BCUT2D eigenvalue weighted by atomic mass is 10.1. The normalized spacial score (nSPS) is 14.0. The monoisotopic (exact) mass is 415 g/mol. The summed E-state index contributed by atoms with van der Waals surface area (Å²) in [6.45, 7) is 2.02. The van der Waals surface area contributed by atoms with E-state index < -0.39 is 12.1 Å². The highest BCUT2D eigenvalue weighted by atomic mass is 16.2. The van der Waals surface area contributed by atoms with Crippen molar-refractivity contribution < 1.29 is 9.59 Å². The molecule has 1 unspecified atom stereocenters. The minimum absolute atomic E-state index is 0.324. The van der Waals surface area contributed by atoms with Crippen LogP contribution in [0.3, 0.4) is 0 Å². The first-order valence-electron chi connectivity index (χ1n) is 10.4. The number of para-hydroxylation sites is 1. The Bertz CT molecular complexity index is 1000. The van der Waals surface area contributed by atoms with E-state index in [2.05, 4.69) is 25.8 Å². The number of hydrogen-bond acceptors (Lipinski definition) is 4. The molecule has 3 amide bonds. The number of nitrogens with one attached hydrogen (secondary N) is 3. The molecule has 3 aromatic rings. The van der Waals surface area contributed by atoms with Crippen LogP contribution >= 0.6 is 0 Å². The van der Waals surface area contributed by atoms with Crippen LogP contribution in [-0.2, 0) is 4.79 Å². The number of hydrogen-bond donors (Lipinski definition) is 3. The van der Waals surface area contributed by atoms with Crippen LogP contribution in [0, 0.1) is 0 Å². The molecular weight excluding hydrogens is 390 g/mol. The van der Waals surface area contributed by atoms with Crippen LogP contribution in [0.2, 0.25) is 0 Å². The minimum atomic E-state index is -0.849. The predicted molar refractivity (Wildman–Crippen MR) is 122 cm³/mol. The highest BCUT2D eigenvalue weighted by molar-refractivity contribution is 5.99. The molecule has 1 aliphatic rings. The highest BCUT2D eigenvalue weighted by Crippen LogP contribution is 2.20. The maximum Gasteiger partial charge on any atom is 0.320 e. The number of benzene rings is 2. The molecule has 1 aromatic heterocycles. The van der Waals surface area contributed by atoms with Gasteiger partial charge in [-0.25, -0.2) is 9.78 Å². The third kappa shape index (κ3) is 5.39. The Labute approximate surface area is 181 Å². The zero-order valence-electron chi connectivity index (χ0n) is 17.1. The number of rotatable bonds is 6. The fraction of sp³-hybridized carbons (Fsp3) is 0.208. The van der Waals surface area contributed by atoms with Gasteiger partial charge in [-0.2, -0.15) is 0 Å². The summed E-state index contributed by atoms with van der Waals surface area (Å²) in [5.41, 5.74) is 1.92. The summed E-state index contributed by atoms with van der Waals surface area (Å²) >= 11 is 0. The smallest absolute Gasteiger partial charge is 0.320 e. The molecule has 0 radical (unpaired) electrons. The number of amides is 3. The molecule has 158 valence electrons. The number of nitrogens with zero attached hydrogens (tertiary/aromatic N) is 2. The largest absolute Gasteiger partial charge is 0.357 e. The molecule has 3 N–H and O–H groups in total. The Kier molecular flexibility index (Phi) is 6.42. The first-order valence-corrected chi connectivity index (χ1v) is 10.4. The van der Waals surface area contributed by atoms with Crippen molar-refractivity contribution in [3.05, 3.63) is 84.6 Å². The van der Waals surface area contributed by atoms with Crippen molar-refractivity contribution in [3.63, 3.8) is 0 Å². The maximum atomic E-state index is 12.9. The lowest BCUT2D eigenvalue weighted by Crippen LogP contribution is -2.39. The second-order valence-corrected chi connectivity index (χ2v) is 7.40. The Balaban J connectivity index is 1.43. The molecule has 2 aromatic carbocycles. The van der Waals surface area contributed by atoms with Crippen LogP contribution in [0.1, 0.15) is 24.4 Å². The van der Waals surface area contributed by atoms with Gasteiger partial charge in [-0.3, -0.25) is 4.79 Å². The molecule has 1 saturated heterocycles. The molecule has 4 rings (SSSR count). The summed E-state index contributed by atoms with van der Waals surface area (Å²) in [6, 6.07) is 20.7. The predicted octanol–water partition coefficient (Wildman–Crippen LogP) is 4.18. The highest BCUT2D eigenvalue weighted by Gasteiger charge is 2.23. The van der Waals surface area contributed by atoms with E-state index in [1.165, 1.54) is 12.8 Å². The molecule has 0 bridgehead atoms. The standard InChI is InChI=1S/C24H25N5O2/c30-23(26-19-11-5-2-6-12-19)22(18-9-3-1-4-10-18)28-24(31)27-20-13-14-21(25-17-20)29-15-7-8-16-29/h1-6,9-14,17,22H,7-8,15-16H2,(H,26,30)(H2,27,28,31). The van der Waals surface area contributed by atoms with Crippen molar-refractivity contribution in [2.45, 2.75) is 18.9 Å². The Morgan fingerprint density at radius 1 is 0.806 bits per heavy atom. The Morgan fingerprint density at radius 2 is 1.48 bits per heavy atom. The molecule has 7 heteroatoms. The summed E-state index contributed by atoms with van der Waals surface area (Å²) in [6.07, 6.45) is 3.99. The second-order valence-electron chi connectivity index (χ2n) is 7.40. The van der Waals surface area contributed by atoms with Crippen LogP contribution in [0.4, 0.5) is 22.0 Å². The third-order valence-corrected chi connectivity index (χ3v) is 5.15. The minimum Gasteiger partial charge on any atom is -0.357 e. The molecule has 1 aliphatic heterocycles. The van der Waals surface area contributed by atoms with Gasteiger partial charge in [-0.05, 0) is 42.7 Å². The number of pyridine rings is 1. The molecule has 0 aliphatic carbocycles. The summed E-state index contributed by atoms with van der Waals surface area (Å²) in [7, 11) is 0. The van der Waals surface area contributed by atoms with Crippen molar-refractivity contribution in [2.24, 2.45) is 0 Å². The van der Waals surface area contributed by atoms with Crippen molar-refractivity contribution in [3.8, 4) is 0 Å².